The second kappa shape index (κ2) is 7.54. The van der Waals surface area contributed by atoms with E-state index >= 15 is 0 Å². The van der Waals surface area contributed by atoms with Gasteiger partial charge in [-0.2, -0.15) is 0 Å². The number of nitrogens with zero attached hydrogens (tertiary/aromatic N) is 1. The number of β-amino-alcohol motifs (C(OH)–C–C–N with tert-alkyl or cyclic N) is 1. The molecule has 0 fully saturated rings. The zero-order chi connectivity index (χ0) is 15.2. The van der Waals surface area contributed by atoms with Gasteiger partial charge in [0.15, 0.2) is 0 Å². The number of aliphatic hydroxyl groups is 1. The van der Waals surface area contributed by atoms with Gasteiger partial charge in [0.05, 0.1) is 19.3 Å². The predicted octanol–water partition coefficient (Wildman–Crippen LogP) is 2.62. The zero-order valence-electron chi connectivity index (χ0n) is 12.8. The van der Waals surface area contributed by atoms with Crippen LogP contribution in [0.15, 0.2) is 54.6 Å². The molecule has 0 bridgehead atoms. The fraction of sp³-hybridized carbons (Fsp3) is 0.368. The Morgan fingerprint density at radius 2 is 1.73 bits per heavy atom. The third kappa shape index (κ3) is 4.17. The number of rotatable bonds is 6. The first-order chi connectivity index (χ1) is 10.8. The molecule has 0 radical (unpaired) electrons. The van der Waals surface area contributed by atoms with Crippen molar-refractivity contribution in [2.24, 2.45) is 0 Å². The topological polar surface area (TPSA) is 32.7 Å². The van der Waals surface area contributed by atoms with Gasteiger partial charge in [0.2, 0.25) is 0 Å². The lowest BCUT2D eigenvalue weighted by Crippen LogP contribution is -2.38. The maximum atomic E-state index is 10.2. The van der Waals surface area contributed by atoms with Crippen LogP contribution in [0.4, 0.5) is 0 Å². The van der Waals surface area contributed by atoms with Gasteiger partial charge in [0, 0.05) is 19.6 Å². The summed E-state index contributed by atoms with van der Waals surface area (Å²) >= 11 is 0. The second-order valence-corrected chi connectivity index (χ2v) is 5.91. The minimum absolute atomic E-state index is 0.382. The summed E-state index contributed by atoms with van der Waals surface area (Å²) in [7, 11) is 0. The molecule has 0 aliphatic carbocycles. The highest BCUT2D eigenvalue weighted by Gasteiger charge is 2.18. The van der Waals surface area contributed by atoms with Crippen molar-refractivity contribution in [3.8, 4) is 0 Å². The van der Waals surface area contributed by atoms with E-state index in [0.29, 0.717) is 19.8 Å². The highest BCUT2D eigenvalue weighted by molar-refractivity contribution is 5.29. The molecule has 22 heavy (non-hydrogen) atoms. The summed E-state index contributed by atoms with van der Waals surface area (Å²) in [5, 5.41) is 10.2. The minimum Gasteiger partial charge on any atom is -0.389 e. The maximum Gasteiger partial charge on any atom is 0.0900 e. The molecule has 2 aromatic carbocycles. The van der Waals surface area contributed by atoms with Gasteiger partial charge in [-0.05, 0) is 23.1 Å². The molecule has 1 N–H and O–H groups in total. The molecule has 0 saturated carbocycles. The highest BCUT2D eigenvalue weighted by Crippen LogP contribution is 2.18. The number of fused-ring (bicyclic) bond motifs is 1. The molecule has 3 nitrogen and oxygen atoms in total. The number of ether oxygens (including phenoxy) is 1. The van der Waals surface area contributed by atoms with Crippen LogP contribution in [0.3, 0.4) is 0 Å². The van der Waals surface area contributed by atoms with Crippen LogP contribution >= 0.6 is 0 Å². The molecule has 0 saturated heterocycles. The van der Waals surface area contributed by atoms with Crippen molar-refractivity contribution in [3.63, 3.8) is 0 Å². The van der Waals surface area contributed by atoms with Crippen LogP contribution in [-0.2, 0) is 24.3 Å². The molecule has 3 heteroatoms. The summed E-state index contributed by atoms with van der Waals surface area (Å²) in [4.78, 5) is 2.30. The Balaban J connectivity index is 1.42. The quantitative estimate of drug-likeness (QED) is 0.889. The van der Waals surface area contributed by atoms with Gasteiger partial charge in [-0.1, -0.05) is 54.6 Å². The SMILES string of the molecule is O[C@@H](COCc1ccccc1)CN1CCc2ccccc2C1. The van der Waals surface area contributed by atoms with E-state index in [0.717, 1.165) is 25.1 Å². The Morgan fingerprint density at radius 3 is 2.55 bits per heavy atom. The molecule has 1 atom stereocenters. The van der Waals surface area contributed by atoms with E-state index in [1.54, 1.807) is 0 Å². The zero-order valence-corrected chi connectivity index (χ0v) is 12.8. The Hall–Kier alpha value is -1.68. The standard InChI is InChI=1S/C19H23NO2/c21-19(15-22-14-16-6-2-1-3-7-16)13-20-11-10-17-8-4-5-9-18(17)12-20/h1-9,19,21H,10-15H2/t19-/m1/s1. The first-order valence-electron chi connectivity index (χ1n) is 7.90. The fourth-order valence-corrected chi connectivity index (χ4v) is 2.95. The van der Waals surface area contributed by atoms with Gasteiger partial charge in [-0.15, -0.1) is 0 Å². The maximum absolute atomic E-state index is 10.2. The van der Waals surface area contributed by atoms with Gasteiger partial charge < -0.3 is 9.84 Å². The first kappa shape index (κ1) is 15.2. The molecule has 116 valence electrons. The summed E-state index contributed by atoms with van der Waals surface area (Å²) < 4.78 is 5.62. The van der Waals surface area contributed by atoms with Gasteiger partial charge in [-0.25, -0.2) is 0 Å². The second-order valence-electron chi connectivity index (χ2n) is 5.91. The van der Waals surface area contributed by atoms with Gasteiger partial charge in [-0.3, -0.25) is 4.90 Å². The Labute approximate surface area is 132 Å². The van der Waals surface area contributed by atoms with Crippen LogP contribution in [0.25, 0.3) is 0 Å². The van der Waals surface area contributed by atoms with Crippen LogP contribution in [0.5, 0.6) is 0 Å². The summed E-state index contributed by atoms with van der Waals surface area (Å²) in [6.07, 6.45) is 0.627. The summed E-state index contributed by atoms with van der Waals surface area (Å²) in [6.45, 7) is 3.54. The van der Waals surface area contributed by atoms with Gasteiger partial charge in [0.1, 0.15) is 0 Å². The van der Waals surface area contributed by atoms with Crippen molar-refractivity contribution >= 4 is 0 Å². The van der Waals surface area contributed by atoms with Crippen molar-refractivity contribution in [1.29, 1.82) is 0 Å². The third-order valence-corrected chi connectivity index (χ3v) is 4.10. The van der Waals surface area contributed by atoms with E-state index in [9.17, 15) is 5.11 Å². The normalized spacial score (nSPS) is 16.2. The van der Waals surface area contributed by atoms with Crippen LogP contribution in [0.2, 0.25) is 0 Å². The number of aliphatic hydroxyl groups excluding tert-OH is 1. The average Bonchev–Trinajstić information content (AvgIpc) is 2.56. The van der Waals surface area contributed by atoms with Crippen LogP contribution in [-0.4, -0.2) is 35.8 Å². The number of benzene rings is 2. The lowest BCUT2D eigenvalue weighted by molar-refractivity contribution is 0.00774. The first-order valence-corrected chi connectivity index (χ1v) is 7.90. The molecule has 0 aromatic heterocycles. The van der Waals surface area contributed by atoms with E-state index in [4.69, 9.17) is 4.74 Å². The fourth-order valence-electron chi connectivity index (χ4n) is 2.95. The molecule has 3 rings (SSSR count). The Morgan fingerprint density at radius 1 is 1.00 bits per heavy atom. The molecule has 0 unspecified atom stereocenters. The van der Waals surface area contributed by atoms with E-state index in [1.165, 1.54) is 11.1 Å². The van der Waals surface area contributed by atoms with E-state index < -0.39 is 6.10 Å². The molecule has 1 aliphatic heterocycles. The van der Waals surface area contributed by atoms with E-state index in [2.05, 4.69) is 29.2 Å². The molecule has 1 heterocycles. The van der Waals surface area contributed by atoms with Crippen molar-refractivity contribution in [2.45, 2.75) is 25.7 Å². The van der Waals surface area contributed by atoms with Crippen molar-refractivity contribution < 1.29 is 9.84 Å². The van der Waals surface area contributed by atoms with Gasteiger partial charge >= 0.3 is 0 Å². The minimum atomic E-state index is -0.436. The Bertz CT molecular complexity index is 585. The largest absolute Gasteiger partial charge is 0.389 e. The molecule has 0 amide bonds. The Kier molecular flexibility index (Phi) is 5.22. The average molecular weight is 297 g/mol. The summed E-state index contributed by atoms with van der Waals surface area (Å²) in [5.41, 5.74) is 3.96. The molecular formula is C19H23NO2. The lowest BCUT2D eigenvalue weighted by Gasteiger charge is -2.30. The number of hydrogen-bond acceptors (Lipinski definition) is 3. The molecular weight excluding hydrogens is 274 g/mol. The molecule has 2 aromatic rings. The van der Waals surface area contributed by atoms with Crippen molar-refractivity contribution in [1.82, 2.24) is 4.90 Å². The van der Waals surface area contributed by atoms with Crippen molar-refractivity contribution in [3.05, 3.63) is 71.3 Å². The van der Waals surface area contributed by atoms with Crippen LogP contribution in [0.1, 0.15) is 16.7 Å². The lowest BCUT2D eigenvalue weighted by atomic mass is 10.00. The smallest absolute Gasteiger partial charge is 0.0900 e. The summed E-state index contributed by atoms with van der Waals surface area (Å²) in [5.74, 6) is 0. The highest BCUT2D eigenvalue weighted by atomic mass is 16.5. The van der Waals surface area contributed by atoms with E-state index in [1.807, 2.05) is 30.3 Å². The predicted molar refractivity (Wildman–Crippen MR) is 87.5 cm³/mol. The number of hydrogen-bond donors (Lipinski definition) is 1. The van der Waals surface area contributed by atoms with Gasteiger partial charge in [0.25, 0.3) is 0 Å². The van der Waals surface area contributed by atoms with E-state index in [-0.39, 0.29) is 0 Å². The van der Waals surface area contributed by atoms with Crippen molar-refractivity contribution in [2.75, 3.05) is 19.7 Å². The molecule has 1 aliphatic rings. The monoisotopic (exact) mass is 297 g/mol. The van der Waals surface area contributed by atoms with Crippen LogP contribution in [0, 0.1) is 0 Å². The summed E-state index contributed by atoms with van der Waals surface area (Å²) in [6, 6.07) is 18.6. The molecule has 0 spiro atoms. The van der Waals surface area contributed by atoms with Crippen LogP contribution < -0.4 is 0 Å². The third-order valence-electron chi connectivity index (χ3n) is 4.10.